The minimum absolute atomic E-state index is 0.128. The summed E-state index contributed by atoms with van der Waals surface area (Å²) >= 11 is 12.1. The number of aromatic nitrogens is 2. The van der Waals surface area contributed by atoms with Crippen LogP contribution in [0.2, 0.25) is 10.2 Å². The van der Waals surface area contributed by atoms with E-state index in [1.165, 1.54) is 0 Å². The lowest BCUT2D eigenvalue weighted by molar-refractivity contribution is 0.608. The number of pyridine rings is 1. The normalized spacial score (nSPS) is 13.3. The maximum Gasteiger partial charge on any atom is 0.156 e. The van der Waals surface area contributed by atoms with E-state index in [9.17, 15) is 0 Å². The molecule has 5 heteroatoms. The lowest BCUT2D eigenvalue weighted by atomic mass is 10.3. The lowest BCUT2D eigenvalue weighted by Gasteiger charge is -2.08. The van der Waals surface area contributed by atoms with Gasteiger partial charge in [0.05, 0.1) is 11.1 Å². The van der Waals surface area contributed by atoms with Crippen LogP contribution in [-0.2, 0) is 0 Å². The van der Waals surface area contributed by atoms with Gasteiger partial charge in [-0.15, -0.1) is 0 Å². The molecule has 1 atom stereocenters. The van der Waals surface area contributed by atoms with Gasteiger partial charge in [0.25, 0.3) is 0 Å². The SMILES string of the molecule is CNC(C)c1nc(Cl)c2c(Cl)cccn12. The van der Waals surface area contributed by atoms with E-state index in [0.29, 0.717) is 10.2 Å². The highest BCUT2D eigenvalue weighted by atomic mass is 35.5. The van der Waals surface area contributed by atoms with E-state index in [2.05, 4.69) is 10.3 Å². The van der Waals surface area contributed by atoms with Crippen molar-refractivity contribution in [3.63, 3.8) is 0 Å². The Morgan fingerprint density at radius 3 is 2.87 bits per heavy atom. The van der Waals surface area contributed by atoms with E-state index >= 15 is 0 Å². The molecule has 80 valence electrons. The first-order chi connectivity index (χ1) is 7.15. The number of rotatable bonds is 2. The zero-order valence-electron chi connectivity index (χ0n) is 8.46. The third kappa shape index (κ3) is 1.71. The van der Waals surface area contributed by atoms with Gasteiger partial charge in [-0.1, -0.05) is 23.2 Å². The molecule has 0 bridgehead atoms. The smallest absolute Gasteiger partial charge is 0.156 e. The van der Waals surface area contributed by atoms with Gasteiger partial charge in [-0.2, -0.15) is 0 Å². The van der Waals surface area contributed by atoms with Gasteiger partial charge < -0.3 is 5.32 Å². The van der Waals surface area contributed by atoms with Crippen molar-refractivity contribution in [3.05, 3.63) is 34.3 Å². The first kappa shape index (κ1) is 10.7. The first-order valence-electron chi connectivity index (χ1n) is 4.64. The van der Waals surface area contributed by atoms with Gasteiger partial charge in [0, 0.05) is 6.20 Å². The van der Waals surface area contributed by atoms with Gasteiger partial charge in [0.15, 0.2) is 5.15 Å². The van der Waals surface area contributed by atoms with Crippen molar-refractivity contribution in [2.24, 2.45) is 0 Å². The number of nitrogens with one attached hydrogen (secondary N) is 1. The maximum absolute atomic E-state index is 6.06. The van der Waals surface area contributed by atoms with Crippen molar-refractivity contribution < 1.29 is 0 Å². The van der Waals surface area contributed by atoms with E-state index in [1.807, 2.05) is 30.6 Å². The predicted molar refractivity (Wildman–Crippen MR) is 62.7 cm³/mol. The van der Waals surface area contributed by atoms with E-state index in [1.54, 1.807) is 6.07 Å². The molecule has 0 radical (unpaired) electrons. The average Bonchev–Trinajstić information content (AvgIpc) is 2.56. The van der Waals surface area contributed by atoms with Crippen molar-refractivity contribution in [2.75, 3.05) is 7.05 Å². The van der Waals surface area contributed by atoms with E-state index in [4.69, 9.17) is 23.2 Å². The van der Waals surface area contributed by atoms with E-state index in [-0.39, 0.29) is 6.04 Å². The van der Waals surface area contributed by atoms with Crippen molar-refractivity contribution in [3.8, 4) is 0 Å². The van der Waals surface area contributed by atoms with Crippen LogP contribution < -0.4 is 5.32 Å². The van der Waals surface area contributed by atoms with Crippen LogP contribution in [0.5, 0.6) is 0 Å². The van der Waals surface area contributed by atoms with Crippen molar-refractivity contribution in [1.29, 1.82) is 0 Å². The molecule has 0 saturated carbocycles. The Hall–Kier alpha value is -0.770. The Labute approximate surface area is 98.0 Å². The molecule has 3 nitrogen and oxygen atoms in total. The molecule has 0 aliphatic rings. The molecule has 0 aliphatic heterocycles. The summed E-state index contributed by atoms with van der Waals surface area (Å²) in [7, 11) is 1.88. The summed E-state index contributed by atoms with van der Waals surface area (Å²) in [4.78, 5) is 4.30. The molecule has 0 aromatic carbocycles. The standard InChI is InChI=1S/C10H11Cl2N3/c1-6(13-2)10-14-9(12)8-7(11)4-3-5-15(8)10/h3-6,13H,1-2H3. The summed E-state index contributed by atoms with van der Waals surface area (Å²) in [5, 5.41) is 4.18. The fraction of sp³-hybridized carbons (Fsp3) is 0.300. The van der Waals surface area contributed by atoms with Crippen LogP contribution in [0, 0.1) is 0 Å². The fourth-order valence-corrected chi connectivity index (χ4v) is 2.09. The van der Waals surface area contributed by atoms with Gasteiger partial charge in [-0.3, -0.25) is 4.40 Å². The Balaban J connectivity index is 2.73. The second-order valence-electron chi connectivity index (χ2n) is 3.35. The van der Waals surface area contributed by atoms with Gasteiger partial charge in [0.1, 0.15) is 11.3 Å². The van der Waals surface area contributed by atoms with Crippen LogP contribution in [0.1, 0.15) is 18.8 Å². The highest BCUT2D eigenvalue weighted by molar-refractivity contribution is 6.39. The summed E-state index contributed by atoms with van der Waals surface area (Å²) in [6.07, 6.45) is 1.91. The molecule has 2 aromatic rings. The quantitative estimate of drug-likeness (QED) is 0.880. The topological polar surface area (TPSA) is 29.3 Å². The molecule has 15 heavy (non-hydrogen) atoms. The third-order valence-electron chi connectivity index (χ3n) is 2.42. The van der Waals surface area contributed by atoms with Crippen molar-refractivity contribution in [2.45, 2.75) is 13.0 Å². The Morgan fingerprint density at radius 2 is 2.20 bits per heavy atom. The highest BCUT2D eigenvalue weighted by Crippen LogP contribution is 2.27. The number of nitrogens with zero attached hydrogens (tertiary/aromatic N) is 2. The zero-order chi connectivity index (χ0) is 11.0. The molecule has 1 N–H and O–H groups in total. The van der Waals surface area contributed by atoms with Gasteiger partial charge in [-0.05, 0) is 26.1 Å². The minimum Gasteiger partial charge on any atom is -0.311 e. The van der Waals surface area contributed by atoms with Crippen LogP contribution in [0.25, 0.3) is 5.52 Å². The van der Waals surface area contributed by atoms with Gasteiger partial charge in [-0.25, -0.2) is 4.98 Å². The minimum atomic E-state index is 0.128. The molecule has 0 aliphatic carbocycles. The summed E-state index contributed by atoms with van der Waals surface area (Å²) in [6.45, 7) is 2.02. The molecule has 1 unspecified atom stereocenters. The van der Waals surface area contributed by atoms with E-state index < -0.39 is 0 Å². The van der Waals surface area contributed by atoms with Gasteiger partial charge >= 0.3 is 0 Å². The Kier molecular flexibility index (Phi) is 2.87. The molecule has 2 rings (SSSR count). The van der Waals surface area contributed by atoms with Crippen molar-refractivity contribution >= 4 is 28.7 Å². The Bertz CT molecular complexity index is 493. The summed E-state index contributed by atoms with van der Waals surface area (Å²) in [5.74, 6) is 0.861. The van der Waals surface area contributed by atoms with E-state index in [0.717, 1.165) is 11.3 Å². The van der Waals surface area contributed by atoms with Gasteiger partial charge in [0.2, 0.25) is 0 Å². The number of imidazole rings is 1. The summed E-state index contributed by atoms with van der Waals surface area (Å²) in [5.41, 5.74) is 0.762. The van der Waals surface area contributed by atoms with Crippen LogP contribution in [-0.4, -0.2) is 16.4 Å². The molecule has 2 aromatic heterocycles. The first-order valence-corrected chi connectivity index (χ1v) is 5.40. The zero-order valence-corrected chi connectivity index (χ0v) is 9.97. The average molecular weight is 244 g/mol. The highest BCUT2D eigenvalue weighted by Gasteiger charge is 2.15. The molecular formula is C10H11Cl2N3. The van der Waals surface area contributed by atoms with Crippen LogP contribution in [0.4, 0.5) is 0 Å². The summed E-state index contributed by atoms with van der Waals surface area (Å²) < 4.78 is 1.91. The van der Waals surface area contributed by atoms with Crippen LogP contribution in [0.3, 0.4) is 0 Å². The fourth-order valence-electron chi connectivity index (χ4n) is 1.51. The largest absolute Gasteiger partial charge is 0.311 e. The second-order valence-corrected chi connectivity index (χ2v) is 4.11. The maximum atomic E-state index is 6.06. The third-order valence-corrected chi connectivity index (χ3v) is 2.99. The molecule has 0 saturated heterocycles. The lowest BCUT2D eigenvalue weighted by Crippen LogP contribution is -2.15. The van der Waals surface area contributed by atoms with Crippen LogP contribution in [0.15, 0.2) is 18.3 Å². The molecule has 0 fully saturated rings. The van der Waals surface area contributed by atoms with Crippen LogP contribution >= 0.6 is 23.2 Å². The monoisotopic (exact) mass is 243 g/mol. The predicted octanol–water partition coefficient (Wildman–Crippen LogP) is 2.92. The molecule has 2 heterocycles. The number of halogens is 2. The number of hydrogen-bond donors (Lipinski definition) is 1. The number of fused-ring (bicyclic) bond motifs is 1. The molecule has 0 spiro atoms. The summed E-state index contributed by atoms with van der Waals surface area (Å²) in [6, 6.07) is 3.81. The second kappa shape index (κ2) is 4.00. The molecular weight excluding hydrogens is 233 g/mol. The number of hydrogen-bond acceptors (Lipinski definition) is 2. The molecule has 0 amide bonds. The van der Waals surface area contributed by atoms with Crippen molar-refractivity contribution in [1.82, 2.24) is 14.7 Å². The Morgan fingerprint density at radius 1 is 1.47 bits per heavy atom.